The number of ether oxygens (including phenoxy) is 1. The van der Waals surface area contributed by atoms with Crippen LogP contribution in [0.3, 0.4) is 0 Å². The largest absolute Gasteiger partial charge is 0.466 e. The highest BCUT2D eigenvalue weighted by Gasteiger charge is 2.29. The van der Waals surface area contributed by atoms with Gasteiger partial charge in [-0.05, 0) is 31.9 Å². The first kappa shape index (κ1) is 18.7. The maximum atomic E-state index is 14.1. The molecule has 6 heteroatoms. The average Bonchev–Trinajstić information content (AvgIpc) is 2.56. The van der Waals surface area contributed by atoms with Crippen molar-refractivity contribution >= 4 is 23.5 Å². The summed E-state index contributed by atoms with van der Waals surface area (Å²) < 4.78 is 19.1. The third-order valence-corrected chi connectivity index (χ3v) is 4.63. The molecule has 0 N–H and O–H groups in total. The Kier molecular flexibility index (Phi) is 7.03. The summed E-state index contributed by atoms with van der Waals surface area (Å²) in [6.45, 7) is 2.25. The molecule has 1 saturated carbocycles. The first-order valence-corrected chi connectivity index (χ1v) is 8.83. The van der Waals surface area contributed by atoms with Crippen LogP contribution in [0.5, 0.6) is 0 Å². The molecule has 4 nitrogen and oxygen atoms in total. The molecule has 0 spiro atoms. The van der Waals surface area contributed by atoms with E-state index in [1.165, 1.54) is 18.2 Å². The molecule has 0 aromatic heterocycles. The van der Waals surface area contributed by atoms with Gasteiger partial charge in [0, 0.05) is 12.6 Å². The Bertz CT molecular complexity index is 567. The third-order valence-electron chi connectivity index (χ3n) is 4.32. The lowest BCUT2D eigenvalue weighted by molar-refractivity contribution is -0.143. The maximum Gasteiger partial charge on any atom is 0.307 e. The molecule has 1 aromatic carbocycles. The van der Waals surface area contributed by atoms with Crippen molar-refractivity contribution < 1.29 is 18.7 Å². The Morgan fingerprint density at radius 2 is 2.00 bits per heavy atom. The van der Waals surface area contributed by atoms with Gasteiger partial charge in [-0.3, -0.25) is 9.59 Å². The first-order chi connectivity index (χ1) is 11.5. The first-order valence-electron chi connectivity index (χ1n) is 8.45. The highest BCUT2D eigenvalue weighted by molar-refractivity contribution is 6.33. The molecule has 2 rings (SSSR count). The topological polar surface area (TPSA) is 46.6 Å². The predicted molar refractivity (Wildman–Crippen MR) is 90.6 cm³/mol. The van der Waals surface area contributed by atoms with E-state index in [0.29, 0.717) is 6.61 Å². The predicted octanol–water partition coefficient (Wildman–Crippen LogP) is 4.21. The van der Waals surface area contributed by atoms with Gasteiger partial charge in [-0.1, -0.05) is 36.9 Å². The number of carbonyl (C=O) groups is 2. The van der Waals surface area contributed by atoms with E-state index in [0.717, 1.165) is 32.1 Å². The van der Waals surface area contributed by atoms with Crippen molar-refractivity contribution in [3.63, 3.8) is 0 Å². The van der Waals surface area contributed by atoms with Gasteiger partial charge in [-0.25, -0.2) is 4.39 Å². The van der Waals surface area contributed by atoms with Gasteiger partial charge in [-0.15, -0.1) is 0 Å². The molecule has 0 aliphatic heterocycles. The molecule has 0 radical (unpaired) electrons. The molecular formula is C18H23ClFNO3. The zero-order valence-electron chi connectivity index (χ0n) is 13.9. The van der Waals surface area contributed by atoms with Gasteiger partial charge in [0.1, 0.15) is 5.82 Å². The highest BCUT2D eigenvalue weighted by Crippen LogP contribution is 2.27. The van der Waals surface area contributed by atoms with Crippen LogP contribution in [0.4, 0.5) is 4.39 Å². The quantitative estimate of drug-likeness (QED) is 0.718. The summed E-state index contributed by atoms with van der Waals surface area (Å²) in [5.74, 6) is -1.44. The van der Waals surface area contributed by atoms with Crippen LogP contribution in [0.2, 0.25) is 5.02 Å². The summed E-state index contributed by atoms with van der Waals surface area (Å²) in [5.41, 5.74) is -0.117. The molecule has 1 aliphatic rings. The molecule has 0 atom stereocenters. The second-order valence-corrected chi connectivity index (χ2v) is 6.35. The molecule has 24 heavy (non-hydrogen) atoms. The van der Waals surface area contributed by atoms with Crippen LogP contribution in [0, 0.1) is 5.82 Å². The van der Waals surface area contributed by atoms with E-state index in [2.05, 4.69) is 0 Å². The highest BCUT2D eigenvalue weighted by atomic mass is 35.5. The van der Waals surface area contributed by atoms with Gasteiger partial charge in [0.25, 0.3) is 5.91 Å². The van der Waals surface area contributed by atoms with Crippen LogP contribution in [0.25, 0.3) is 0 Å². The fourth-order valence-corrected chi connectivity index (χ4v) is 3.38. The molecule has 1 aromatic rings. The fraction of sp³-hybridized carbons (Fsp3) is 0.556. The Morgan fingerprint density at radius 3 is 2.62 bits per heavy atom. The number of benzene rings is 1. The zero-order valence-corrected chi connectivity index (χ0v) is 14.7. The van der Waals surface area contributed by atoms with Crippen molar-refractivity contribution in [1.29, 1.82) is 0 Å². The van der Waals surface area contributed by atoms with E-state index in [-0.39, 0.29) is 35.6 Å². The fourth-order valence-electron chi connectivity index (χ4n) is 3.13. The summed E-state index contributed by atoms with van der Waals surface area (Å²) in [6, 6.07) is 4.21. The monoisotopic (exact) mass is 355 g/mol. The van der Waals surface area contributed by atoms with Gasteiger partial charge in [0.05, 0.1) is 23.6 Å². The van der Waals surface area contributed by atoms with Crippen LogP contribution in [-0.4, -0.2) is 36.0 Å². The van der Waals surface area contributed by atoms with Crippen LogP contribution in [0.1, 0.15) is 55.8 Å². The third kappa shape index (κ3) is 4.69. The number of hydrogen-bond acceptors (Lipinski definition) is 3. The minimum absolute atomic E-state index is 0.0105. The van der Waals surface area contributed by atoms with E-state index < -0.39 is 11.7 Å². The van der Waals surface area contributed by atoms with Crippen molar-refractivity contribution in [2.24, 2.45) is 0 Å². The SMILES string of the molecule is CCOC(=O)CCN(C(=O)c1c(F)cccc1Cl)C1CCCCC1. The van der Waals surface area contributed by atoms with Gasteiger partial charge in [-0.2, -0.15) is 0 Å². The Hall–Kier alpha value is -1.62. The van der Waals surface area contributed by atoms with Crippen molar-refractivity contribution in [3.8, 4) is 0 Å². The van der Waals surface area contributed by atoms with Gasteiger partial charge >= 0.3 is 5.97 Å². The van der Waals surface area contributed by atoms with Crippen molar-refractivity contribution in [2.45, 2.75) is 51.5 Å². The lowest BCUT2D eigenvalue weighted by Crippen LogP contribution is -2.43. The standard InChI is InChI=1S/C18H23ClFNO3/c1-2-24-16(22)11-12-21(13-7-4-3-5-8-13)18(23)17-14(19)9-6-10-15(17)20/h6,9-10,13H,2-5,7-8,11-12H2,1H3. The lowest BCUT2D eigenvalue weighted by atomic mass is 9.93. The number of esters is 1. The van der Waals surface area contributed by atoms with Crippen LogP contribution in [-0.2, 0) is 9.53 Å². The molecule has 1 fully saturated rings. The minimum atomic E-state index is -0.635. The number of carbonyl (C=O) groups excluding carboxylic acids is 2. The van der Waals surface area contributed by atoms with Crippen LogP contribution >= 0.6 is 11.6 Å². The summed E-state index contributed by atoms with van der Waals surface area (Å²) in [7, 11) is 0. The van der Waals surface area contributed by atoms with Crippen molar-refractivity contribution in [2.75, 3.05) is 13.2 Å². The number of halogens is 2. The summed E-state index contributed by atoms with van der Waals surface area (Å²) in [4.78, 5) is 26.2. The Balaban J connectivity index is 2.20. The normalized spacial score (nSPS) is 15.1. The summed E-state index contributed by atoms with van der Waals surface area (Å²) in [5, 5.41) is 0.0944. The molecule has 1 aliphatic carbocycles. The molecule has 0 unspecified atom stereocenters. The van der Waals surface area contributed by atoms with E-state index in [9.17, 15) is 14.0 Å². The van der Waals surface area contributed by atoms with Crippen LogP contribution in [0.15, 0.2) is 18.2 Å². The second-order valence-electron chi connectivity index (χ2n) is 5.94. The van der Waals surface area contributed by atoms with E-state index in [1.807, 2.05) is 0 Å². The summed E-state index contributed by atoms with van der Waals surface area (Å²) in [6.07, 6.45) is 5.01. The van der Waals surface area contributed by atoms with Gasteiger partial charge in [0.15, 0.2) is 0 Å². The number of hydrogen-bond donors (Lipinski definition) is 0. The molecular weight excluding hydrogens is 333 g/mol. The molecule has 0 saturated heterocycles. The van der Waals surface area contributed by atoms with Crippen molar-refractivity contribution in [1.82, 2.24) is 4.90 Å². The minimum Gasteiger partial charge on any atom is -0.466 e. The van der Waals surface area contributed by atoms with E-state index in [1.54, 1.807) is 11.8 Å². The van der Waals surface area contributed by atoms with E-state index >= 15 is 0 Å². The number of amides is 1. The second kappa shape index (κ2) is 9.02. The Morgan fingerprint density at radius 1 is 1.29 bits per heavy atom. The number of nitrogens with zero attached hydrogens (tertiary/aromatic N) is 1. The molecule has 1 amide bonds. The smallest absolute Gasteiger partial charge is 0.307 e. The van der Waals surface area contributed by atoms with Crippen LogP contribution < -0.4 is 0 Å². The number of rotatable bonds is 6. The van der Waals surface area contributed by atoms with Gasteiger partial charge < -0.3 is 9.64 Å². The lowest BCUT2D eigenvalue weighted by Gasteiger charge is -2.34. The van der Waals surface area contributed by atoms with Crippen molar-refractivity contribution in [3.05, 3.63) is 34.6 Å². The van der Waals surface area contributed by atoms with Gasteiger partial charge in [0.2, 0.25) is 0 Å². The summed E-state index contributed by atoms with van der Waals surface area (Å²) >= 11 is 6.04. The zero-order chi connectivity index (χ0) is 17.5. The maximum absolute atomic E-state index is 14.1. The molecule has 0 heterocycles. The average molecular weight is 356 g/mol. The Labute approximate surface area is 146 Å². The molecule has 132 valence electrons. The molecule has 0 bridgehead atoms. The van der Waals surface area contributed by atoms with E-state index in [4.69, 9.17) is 16.3 Å².